The summed E-state index contributed by atoms with van der Waals surface area (Å²) in [5, 5.41) is 2.14. The number of amides is 4. The van der Waals surface area contributed by atoms with E-state index in [1.807, 2.05) is 0 Å². The van der Waals surface area contributed by atoms with E-state index in [0.29, 0.717) is 12.8 Å². The van der Waals surface area contributed by atoms with Gasteiger partial charge in [0.15, 0.2) is 0 Å². The average molecular weight is 187 g/mol. The van der Waals surface area contributed by atoms with E-state index in [2.05, 4.69) is 16.8 Å². The molecule has 0 radical (unpaired) electrons. The second kappa shape index (κ2) is 4.86. The zero-order valence-electron chi connectivity index (χ0n) is 6.70. The van der Waals surface area contributed by atoms with Gasteiger partial charge in [0.2, 0.25) is 11.8 Å². The Hall–Kier alpha value is -1.92. The Morgan fingerprint density at radius 2 is 1.31 bits per heavy atom. The molecule has 0 aliphatic carbocycles. The number of primary amides is 2. The van der Waals surface area contributed by atoms with Crippen LogP contribution in [0, 0.1) is 0 Å². The van der Waals surface area contributed by atoms with E-state index in [-0.39, 0.29) is 11.8 Å². The highest BCUT2D eigenvalue weighted by Gasteiger charge is 2.15. The predicted molar refractivity (Wildman–Crippen MR) is 40.8 cm³/mol. The SMILES string of the molecule is NC(=O)C(N)=O.O=C1CCC(=O)N1. The molecule has 0 aromatic rings. The van der Waals surface area contributed by atoms with Crippen LogP contribution >= 0.6 is 0 Å². The summed E-state index contributed by atoms with van der Waals surface area (Å²) in [6.45, 7) is 0. The molecule has 0 bridgehead atoms. The Labute approximate surface area is 73.4 Å². The van der Waals surface area contributed by atoms with Crippen molar-refractivity contribution in [2.75, 3.05) is 0 Å². The van der Waals surface area contributed by atoms with E-state index in [1.165, 1.54) is 0 Å². The number of carbonyl (C=O) groups is 4. The van der Waals surface area contributed by atoms with Crippen LogP contribution in [0.25, 0.3) is 0 Å². The van der Waals surface area contributed by atoms with Gasteiger partial charge in [0.25, 0.3) is 0 Å². The van der Waals surface area contributed by atoms with Crippen LogP contribution in [0.2, 0.25) is 0 Å². The summed E-state index contributed by atoms with van der Waals surface area (Å²) in [6, 6.07) is 0. The Morgan fingerprint density at radius 3 is 1.38 bits per heavy atom. The summed E-state index contributed by atoms with van der Waals surface area (Å²) < 4.78 is 0. The highest BCUT2D eigenvalue weighted by molar-refractivity contribution is 6.33. The van der Waals surface area contributed by atoms with Crippen molar-refractivity contribution in [2.24, 2.45) is 11.5 Å². The first-order valence-corrected chi connectivity index (χ1v) is 3.35. The second-order valence-electron chi connectivity index (χ2n) is 2.20. The molecule has 13 heavy (non-hydrogen) atoms. The molecule has 72 valence electrons. The third-order valence-electron chi connectivity index (χ3n) is 1.10. The van der Waals surface area contributed by atoms with Gasteiger partial charge >= 0.3 is 11.8 Å². The zero-order valence-corrected chi connectivity index (χ0v) is 6.70. The van der Waals surface area contributed by atoms with E-state index in [0.717, 1.165) is 0 Å². The van der Waals surface area contributed by atoms with Gasteiger partial charge in [-0.2, -0.15) is 0 Å². The fraction of sp³-hybridized carbons (Fsp3) is 0.333. The van der Waals surface area contributed by atoms with Gasteiger partial charge in [-0.1, -0.05) is 0 Å². The smallest absolute Gasteiger partial charge is 0.306 e. The minimum absolute atomic E-state index is 0.148. The lowest BCUT2D eigenvalue weighted by Gasteiger charge is -1.79. The first kappa shape index (κ1) is 11.1. The monoisotopic (exact) mass is 187 g/mol. The lowest BCUT2D eigenvalue weighted by atomic mass is 10.4. The van der Waals surface area contributed by atoms with E-state index in [1.54, 1.807) is 0 Å². The quantitative estimate of drug-likeness (QED) is 0.283. The van der Waals surface area contributed by atoms with Crippen LogP contribution < -0.4 is 16.8 Å². The molecule has 0 aromatic carbocycles. The molecule has 0 atom stereocenters. The highest BCUT2D eigenvalue weighted by Crippen LogP contribution is 1.95. The van der Waals surface area contributed by atoms with Gasteiger partial charge in [0.05, 0.1) is 0 Å². The number of nitrogens with two attached hydrogens (primary N) is 2. The van der Waals surface area contributed by atoms with Crippen molar-refractivity contribution in [3.63, 3.8) is 0 Å². The van der Waals surface area contributed by atoms with Crippen LogP contribution in [-0.4, -0.2) is 23.6 Å². The Bertz CT molecular complexity index is 235. The van der Waals surface area contributed by atoms with Crippen LogP contribution in [0.1, 0.15) is 12.8 Å². The van der Waals surface area contributed by atoms with Crippen LogP contribution in [0.15, 0.2) is 0 Å². The Balaban J connectivity index is 0.000000226. The molecule has 0 aromatic heterocycles. The molecule has 1 heterocycles. The maximum Gasteiger partial charge on any atom is 0.306 e. The van der Waals surface area contributed by atoms with Crippen molar-refractivity contribution in [3.8, 4) is 0 Å². The van der Waals surface area contributed by atoms with Crippen molar-refractivity contribution in [1.82, 2.24) is 5.32 Å². The molecule has 1 rings (SSSR count). The zero-order chi connectivity index (χ0) is 10.4. The third kappa shape index (κ3) is 5.36. The summed E-state index contributed by atoms with van der Waals surface area (Å²) in [5.74, 6) is -2.50. The van der Waals surface area contributed by atoms with Crippen LogP contribution in [0.3, 0.4) is 0 Å². The van der Waals surface area contributed by atoms with Crippen LogP contribution in [0.5, 0.6) is 0 Å². The number of imide groups is 1. The number of nitrogens with one attached hydrogen (secondary N) is 1. The molecule has 0 saturated carbocycles. The summed E-state index contributed by atoms with van der Waals surface area (Å²) >= 11 is 0. The third-order valence-corrected chi connectivity index (χ3v) is 1.10. The standard InChI is InChI=1S/C4H5NO2.C2H4N2O2/c6-3-1-2-4(7)5-3;3-1(5)2(4)6/h1-2H2,(H,5,6,7);(H2,3,5)(H2,4,6). The Morgan fingerprint density at radius 1 is 1.00 bits per heavy atom. The van der Waals surface area contributed by atoms with Gasteiger partial charge in [0, 0.05) is 12.8 Å². The molecular weight excluding hydrogens is 178 g/mol. The lowest BCUT2D eigenvalue weighted by molar-refractivity contribution is -0.135. The van der Waals surface area contributed by atoms with E-state index in [9.17, 15) is 19.2 Å². The summed E-state index contributed by atoms with van der Waals surface area (Å²) in [6.07, 6.45) is 0.748. The minimum atomic E-state index is -1.10. The number of hydrogen-bond acceptors (Lipinski definition) is 4. The minimum Gasteiger partial charge on any atom is -0.361 e. The molecule has 4 amide bonds. The van der Waals surface area contributed by atoms with Gasteiger partial charge in [-0.25, -0.2) is 0 Å². The molecule has 1 aliphatic heterocycles. The van der Waals surface area contributed by atoms with Gasteiger partial charge in [-0.15, -0.1) is 0 Å². The van der Waals surface area contributed by atoms with Crippen molar-refractivity contribution in [1.29, 1.82) is 0 Å². The Kier molecular flexibility index (Phi) is 4.14. The number of hydrogen-bond donors (Lipinski definition) is 3. The van der Waals surface area contributed by atoms with Crippen LogP contribution in [-0.2, 0) is 19.2 Å². The van der Waals surface area contributed by atoms with Crippen LogP contribution in [0.4, 0.5) is 0 Å². The first-order valence-electron chi connectivity index (χ1n) is 3.35. The summed E-state index contributed by atoms with van der Waals surface area (Å²) in [7, 11) is 0. The van der Waals surface area contributed by atoms with E-state index in [4.69, 9.17) is 0 Å². The van der Waals surface area contributed by atoms with Gasteiger partial charge < -0.3 is 11.5 Å². The maximum atomic E-state index is 10.1. The predicted octanol–water partition coefficient (Wildman–Crippen LogP) is -2.62. The normalized spacial score (nSPS) is 14.2. The molecular formula is C6H9N3O4. The summed E-state index contributed by atoms with van der Waals surface area (Å²) in [4.78, 5) is 39.1. The fourth-order valence-electron chi connectivity index (χ4n) is 0.508. The molecule has 0 spiro atoms. The molecule has 7 nitrogen and oxygen atoms in total. The topological polar surface area (TPSA) is 132 Å². The molecule has 1 saturated heterocycles. The van der Waals surface area contributed by atoms with Crippen molar-refractivity contribution >= 4 is 23.6 Å². The van der Waals surface area contributed by atoms with E-state index >= 15 is 0 Å². The molecule has 5 N–H and O–H groups in total. The molecule has 1 fully saturated rings. The largest absolute Gasteiger partial charge is 0.361 e. The average Bonchev–Trinajstić information content (AvgIpc) is 2.35. The summed E-state index contributed by atoms with van der Waals surface area (Å²) in [5.41, 5.74) is 8.64. The van der Waals surface area contributed by atoms with Gasteiger partial charge in [-0.3, -0.25) is 24.5 Å². The number of carbonyl (C=O) groups excluding carboxylic acids is 4. The van der Waals surface area contributed by atoms with E-state index < -0.39 is 11.8 Å². The molecule has 0 unspecified atom stereocenters. The van der Waals surface area contributed by atoms with Gasteiger partial charge in [0.1, 0.15) is 0 Å². The highest BCUT2D eigenvalue weighted by atomic mass is 16.2. The van der Waals surface area contributed by atoms with Crippen molar-refractivity contribution < 1.29 is 19.2 Å². The van der Waals surface area contributed by atoms with Gasteiger partial charge in [-0.05, 0) is 0 Å². The second-order valence-corrected chi connectivity index (χ2v) is 2.20. The fourth-order valence-corrected chi connectivity index (χ4v) is 0.508. The van der Waals surface area contributed by atoms with Crippen molar-refractivity contribution in [2.45, 2.75) is 12.8 Å². The maximum absolute atomic E-state index is 10.1. The lowest BCUT2D eigenvalue weighted by Crippen LogP contribution is -2.29. The molecule has 1 aliphatic rings. The first-order chi connectivity index (χ1) is 5.93. The number of rotatable bonds is 0. The van der Waals surface area contributed by atoms with Crippen molar-refractivity contribution in [3.05, 3.63) is 0 Å². The molecule has 7 heteroatoms.